The number of pyridine rings is 1. The van der Waals surface area contributed by atoms with E-state index >= 15 is 0 Å². The van der Waals surface area contributed by atoms with Gasteiger partial charge in [0.25, 0.3) is 0 Å². The van der Waals surface area contributed by atoms with Crippen LogP contribution in [0, 0.1) is 24.7 Å². The molecule has 0 aromatic carbocycles. The van der Waals surface area contributed by atoms with Crippen LogP contribution in [0.2, 0.25) is 15.2 Å². The first kappa shape index (κ1) is 17.1. The van der Waals surface area contributed by atoms with Crippen molar-refractivity contribution < 1.29 is 18.1 Å². The summed E-state index contributed by atoms with van der Waals surface area (Å²) in [7, 11) is -4.07. The second-order valence-corrected chi connectivity index (χ2v) is 5.81. The SMILES string of the molecule is C#CCOP(=O)(OCC#C)Oc1nc(Cl)c(Cl)cc1Cl. The van der Waals surface area contributed by atoms with Gasteiger partial charge in [0.15, 0.2) is 5.15 Å². The van der Waals surface area contributed by atoms with Gasteiger partial charge in [0.1, 0.15) is 18.2 Å². The standard InChI is InChI=1S/C11H7Cl3NO4P/c1-3-5-17-20(16,18-6-4-2)19-11-9(13)7-8(12)10(14)15-11/h1-2,7H,5-6H2. The number of phosphoric ester groups is 1. The van der Waals surface area contributed by atoms with Crippen LogP contribution in [-0.4, -0.2) is 18.2 Å². The summed E-state index contributed by atoms with van der Waals surface area (Å²) in [4.78, 5) is 3.72. The van der Waals surface area contributed by atoms with E-state index in [-0.39, 0.29) is 34.3 Å². The topological polar surface area (TPSA) is 57.7 Å². The number of nitrogens with zero attached hydrogens (tertiary/aromatic N) is 1. The van der Waals surface area contributed by atoms with Gasteiger partial charge < -0.3 is 4.52 Å². The van der Waals surface area contributed by atoms with Gasteiger partial charge in [0.05, 0.1) is 5.02 Å². The molecule has 0 N–H and O–H groups in total. The van der Waals surface area contributed by atoms with Crippen LogP contribution in [0.3, 0.4) is 0 Å². The molecule has 0 radical (unpaired) electrons. The van der Waals surface area contributed by atoms with Crippen LogP contribution in [0.1, 0.15) is 0 Å². The Bertz CT molecular complexity index is 601. The van der Waals surface area contributed by atoms with E-state index in [2.05, 4.69) is 16.8 Å². The highest BCUT2D eigenvalue weighted by Gasteiger charge is 2.30. The van der Waals surface area contributed by atoms with Gasteiger partial charge in [0, 0.05) is 0 Å². The fraction of sp³-hybridized carbons (Fsp3) is 0.182. The molecule has 0 bridgehead atoms. The van der Waals surface area contributed by atoms with Gasteiger partial charge in [-0.3, -0.25) is 9.05 Å². The molecular weight excluding hydrogens is 347 g/mol. The number of halogens is 3. The van der Waals surface area contributed by atoms with E-state index in [0.29, 0.717) is 0 Å². The second kappa shape index (κ2) is 7.76. The van der Waals surface area contributed by atoms with E-state index < -0.39 is 7.82 Å². The Balaban J connectivity index is 3.01. The Morgan fingerprint density at radius 2 is 1.70 bits per heavy atom. The van der Waals surface area contributed by atoms with Gasteiger partial charge in [-0.05, 0) is 6.07 Å². The van der Waals surface area contributed by atoms with E-state index in [4.69, 9.17) is 61.2 Å². The highest BCUT2D eigenvalue weighted by atomic mass is 35.5. The highest BCUT2D eigenvalue weighted by molar-refractivity contribution is 7.48. The summed E-state index contributed by atoms with van der Waals surface area (Å²) in [5, 5.41) is -0.0207. The first-order chi connectivity index (χ1) is 9.41. The first-order valence-electron chi connectivity index (χ1n) is 4.89. The minimum absolute atomic E-state index is 0.0340. The average Bonchev–Trinajstić information content (AvgIpc) is 2.40. The molecule has 0 atom stereocenters. The Morgan fingerprint density at radius 1 is 1.15 bits per heavy atom. The Labute approximate surface area is 131 Å². The van der Waals surface area contributed by atoms with Gasteiger partial charge in [0.2, 0.25) is 5.88 Å². The highest BCUT2D eigenvalue weighted by Crippen LogP contribution is 2.50. The molecule has 0 spiro atoms. The van der Waals surface area contributed by atoms with Crippen LogP contribution in [-0.2, 0) is 13.6 Å². The number of aromatic nitrogens is 1. The molecule has 5 nitrogen and oxygen atoms in total. The monoisotopic (exact) mass is 353 g/mol. The third kappa shape index (κ3) is 4.89. The predicted octanol–water partition coefficient (Wildman–Crippen LogP) is 3.83. The maximum Gasteiger partial charge on any atom is 0.533 e. The number of hydrogen-bond acceptors (Lipinski definition) is 5. The largest absolute Gasteiger partial charge is 0.533 e. The van der Waals surface area contributed by atoms with E-state index in [1.165, 1.54) is 6.07 Å². The minimum atomic E-state index is -4.07. The minimum Gasteiger partial charge on any atom is -0.384 e. The molecule has 0 amide bonds. The van der Waals surface area contributed by atoms with Crippen LogP contribution in [0.25, 0.3) is 0 Å². The van der Waals surface area contributed by atoms with Crippen LogP contribution < -0.4 is 4.52 Å². The van der Waals surface area contributed by atoms with Crippen LogP contribution in [0.4, 0.5) is 0 Å². The fourth-order valence-electron chi connectivity index (χ4n) is 0.921. The molecule has 20 heavy (non-hydrogen) atoms. The van der Waals surface area contributed by atoms with Crippen molar-refractivity contribution in [2.75, 3.05) is 13.2 Å². The molecule has 0 unspecified atom stereocenters. The summed E-state index contributed by atoms with van der Waals surface area (Å²) in [5.41, 5.74) is 0. The van der Waals surface area contributed by atoms with Gasteiger partial charge in [-0.15, -0.1) is 12.8 Å². The van der Waals surface area contributed by atoms with Crippen molar-refractivity contribution in [2.24, 2.45) is 0 Å². The summed E-state index contributed by atoms with van der Waals surface area (Å²) in [6.07, 6.45) is 10.0. The molecule has 0 fully saturated rings. The Hall–Kier alpha value is -0.910. The Kier molecular flexibility index (Phi) is 6.65. The van der Waals surface area contributed by atoms with E-state index in [0.717, 1.165) is 0 Å². The average molecular weight is 355 g/mol. The summed E-state index contributed by atoms with van der Waals surface area (Å²) in [6, 6.07) is 1.26. The molecule has 1 rings (SSSR count). The van der Waals surface area contributed by atoms with Crippen LogP contribution in [0.15, 0.2) is 6.07 Å². The molecule has 0 aliphatic rings. The first-order valence-corrected chi connectivity index (χ1v) is 7.48. The molecule has 1 aromatic heterocycles. The normalized spacial score (nSPS) is 10.7. The lowest BCUT2D eigenvalue weighted by atomic mass is 10.5. The molecule has 0 aliphatic heterocycles. The number of phosphoric acid groups is 1. The van der Waals surface area contributed by atoms with Gasteiger partial charge in [-0.25, -0.2) is 4.57 Å². The molecule has 0 saturated heterocycles. The maximum absolute atomic E-state index is 12.2. The molecular formula is C11H7Cl3NO4P. The quantitative estimate of drug-likeness (QED) is 0.441. The van der Waals surface area contributed by atoms with E-state index in [9.17, 15) is 4.57 Å². The van der Waals surface area contributed by atoms with E-state index in [1.807, 2.05) is 0 Å². The molecule has 0 saturated carbocycles. The molecule has 1 aromatic rings. The molecule has 1 heterocycles. The van der Waals surface area contributed by atoms with E-state index in [1.54, 1.807) is 0 Å². The zero-order valence-electron chi connectivity index (χ0n) is 9.81. The molecule has 9 heteroatoms. The van der Waals surface area contributed by atoms with Crippen molar-refractivity contribution in [3.63, 3.8) is 0 Å². The summed E-state index contributed by atoms with van der Waals surface area (Å²) in [5.74, 6) is 3.95. The van der Waals surface area contributed by atoms with Crippen molar-refractivity contribution in [2.45, 2.75) is 0 Å². The van der Waals surface area contributed by atoms with Gasteiger partial charge in [-0.2, -0.15) is 4.98 Å². The lowest BCUT2D eigenvalue weighted by molar-refractivity contribution is 0.183. The second-order valence-electron chi connectivity index (χ2n) is 3.04. The molecule has 106 valence electrons. The predicted molar refractivity (Wildman–Crippen MR) is 77.1 cm³/mol. The van der Waals surface area contributed by atoms with Crippen LogP contribution >= 0.6 is 42.6 Å². The summed E-state index contributed by atoms with van der Waals surface area (Å²) in [6.45, 7) is -0.637. The third-order valence-corrected chi connectivity index (χ3v) is 3.90. The third-order valence-electron chi connectivity index (χ3n) is 1.66. The maximum atomic E-state index is 12.2. The zero-order chi connectivity index (χ0) is 15.2. The fourth-order valence-corrected chi connectivity index (χ4v) is 2.50. The lowest BCUT2D eigenvalue weighted by Crippen LogP contribution is -2.05. The van der Waals surface area contributed by atoms with Gasteiger partial charge in [-0.1, -0.05) is 46.6 Å². The number of hydrogen-bond donors (Lipinski definition) is 0. The smallest absolute Gasteiger partial charge is 0.384 e. The molecule has 0 aliphatic carbocycles. The Morgan fingerprint density at radius 3 is 2.20 bits per heavy atom. The van der Waals surface area contributed by atoms with Crippen molar-refractivity contribution >= 4 is 42.6 Å². The van der Waals surface area contributed by atoms with Crippen molar-refractivity contribution in [1.82, 2.24) is 4.98 Å². The lowest BCUT2D eigenvalue weighted by Gasteiger charge is -2.16. The summed E-state index contributed by atoms with van der Waals surface area (Å²) < 4.78 is 26.9. The van der Waals surface area contributed by atoms with Crippen molar-refractivity contribution in [3.05, 3.63) is 21.3 Å². The van der Waals surface area contributed by atoms with Gasteiger partial charge >= 0.3 is 7.82 Å². The van der Waals surface area contributed by atoms with Crippen molar-refractivity contribution in [1.29, 1.82) is 0 Å². The number of rotatable bonds is 6. The summed E-state index contributed by atoms with van der Waals surface area (Å²) >= 11 is 17.2. The van der Waals surface area contributed by atoms with Crippen LogP contribution in [0.5, 0.6) is 5.88 Å². The van der Waals surface area contributed by atoms with Crippen molar-refractivity contribution in [3.8, 4) is 30.6 Å². The zero-order valence-corrected chi connectivity index (χ0v) is 13.0. The number of terminal acetylenes is 2.